The van der Waals surface area contributed by atoms with Gasteiger partial charge >= 0.3 is 5.97 Å². The summed E-state index contributed by atoms with van der Waals surface area (Å²) in [6.07, 6.45) is 1.82. The Labute approximate surface area is 203 Å². The molecule has 0 bridgehead atoms. The highest BCUT2D eigenvalue weighted by Gasteiger charge is 2.43. The molecule has 2 amide bonds. The Balaban J connectivity index is 1.57. The number of hydrogen-bond acceptors (Lipinski definition) is 5. The van der Waals surface area contributed by atoms with Gasteiger partial charge in [0.05, 0.1) is 11.1 Å². The Hall–Kier alpha value is -4.26. The van der Waals surface area contributed by atoms with Gasteiger partial charge in [-0.2, -0.15) is 0 Å². The molecule has 0 N–H and O–H groups in total. The Morgan fingerprint density at radius 1 is 0.971 bits per heavy atom. The van der Waals surface area contributed by atoms with E-state index in [4.69, 9.17) is 4.74 Å². The molecule has 0 aliphatic carbocycles. The van der Waals surface area contributed by atoms with Gasteiger partial charge in [-0.05, 0) is 37.6 Å². The van der Waals surface area contributed by atoms with Crippen LogP contribution >= 0.6 is 0 Å². The molecule has 35 heavy (non-hydrogen) atoms. The van der Waals surface area contributed by atoms with Gasteiger partial charge in [0.15, 0.2) is 6.61 Å². The van der Waals surface area contributed by atoms with Crippen molar-refractivity contribution in [2.45, 2.75) is 32.9 Å². The molecule has 7 heteroatoms. The van der Waals surface area contributed by atoms with E-state index >= 15 is 0 Å². The van der Waals surface area contributed by atoms with Gasteiger partial charge in [-0.3, -0.25) is 19.3 Å². The summed E-state index contributed by atoms with van der Waals surface area (Å²) in [4.78, 5) is 53.2. The highest BCUT2D eigenvalue weighted by Crippen LogP contribution is 2.26. The Bertz CT molecular complexity index is 1290. The van der Waals surface area contributed by atoms with Crippen LogP contribution in [0.2, 0.25) is 0 Å². The first kappa shape index (κ1) is 23.9. The van der Waals surface area contributed by atoms with Gasteiger partial charge in [-0.25, -0.2) is 4.79 Å². The summed E-state index contributed by atoms with van der Waals surface area (Å²) in [7, 11) is 0. The van der Waals surface area contributed by atoms with E-state index in [1.54, 1.807) is 48.5 Å². The number of aryl methyl sites for hydroxylation is 1. The lowest BCUT2D eigenvalue weighted by Gasteiger charge is -2.24. The lowest BCUT2D eigenvalue weighted by atomic mass is 10.0. The number of Topliss-reactive ketones (excluding diaryl/α,β-unsaturated/α-hetero) is 1. The summed E-state index contributed by atoms with van der Waals surface area (Å²) in [6, 6.07) is 16.1. The van der Waals surface area contributed by atoms with Crippen LogP contribution in [0.15, 0.2) is 73.3 Å². The first-order chi connectivity index (χ1) is 16.8. The number of carbonyl (C=O) groups excluding carboxylic acids is 4. The number of esters is 1. The van der Waals surface area contributed by atoms with Crippen LogP contribution in [0.4, 0.5) is 0 Å². The molecule has 0 radical (unpaired) electrons. The summed E-state index contributed by atoms with van der Waals surface area (Å²) >= 11 is 0. The number of carbonyl (C=O) groups is 4. The number of ketones is 1. The average Bonchev–Trinajstić information content (AvgIpc) is 3.29. The molecular formula is C28H26N2O5. The highest BCUT2D eigenvalue weighted by atomic mass is 16.5. The van der Waals surface area contributed by atoms with Crippen LogP contribution in [-0.2, 0) is 22.5 Å². The molecule has 2 heterocycles. The number of imide groups is 1. The third-order valence-electron chi connectivity index (χ3n) is 6.21. The highest BCUT2D eigenvalue weighted by molar-refractivity contribution is 6.22. The molecule has 1 aliphatic rings. The Morgan fingerprint density at radius 2 is 1.57 bits per heavy atom. The van der Waals surface area contributed by atoms with E-state index in [-0.39, 0.29) is 23.3 Å². The van der Waals surface area contributed by atoms with Crippen molar-refractivity contribution in [3.8, 4) is 0 Å². The van der Waals surface area contributed by atoms with Crippen molar-refractivity contribution < 1.29 is 23.9 Å². The van der Waals surface area contributed by atoms with E-state index in [0.29, 0.717) is 12.1 Å². The predicted octanol–water partition coefficient (Wildman–Crippen LogP) is 3.92. The van der Waals surface area contributed by atoms with Crippen molar-refractivity contribution in [2.24, 2.45) is 0 Å². The van der Waals surface area contributed by atoms with Crippen LogP contribution < -0.4 is 0 Å². The van der Waals surface area contributed by atoms with Gasteiger partial charge in [-0.1, -0.05) is 48.5 Å². The predicted molar refractivity (Wildman–Crippen MR) is 130 cm³/mol. The molecule has 1 atom stereocenters. The second kappa shape index (κ2) is 9.93. The molecule has 0 saturated carbocycles. The zero-order valence-corrected chi connectivity index (χ0v) is 19.7. The molecule has 0 fully saturated rings. The normalized spacial score (nSPS) is 13.5. The molecule has 4 rings (SSSR count). The van der Waals surface area contributed by atoms with Crippen molar-refractivity contribution in [2.75, 3.05) is 6.61 Å². The number of ether oxygens (including phenoxy) is 1. The van der Waals surface area contributed by atoms with Gasteiger partial charge < -0.3 is 9.30 Å². The maximum atomic E-state index is 13.2. The zero-order chi connectivity index (χ0) is 25.1. The van der Waals surface area contributed by atoms with E-state index in [1.807, 2.05) is 36.6 Å². The van der Waals surface area contributed by atoms with E-state index in [2.05, 4.69) is 6.58 Å². The smallest absolute Gasteiger partial charge is 0.330 e. The van der Waals surface area contributed by atoms with Crippen molar-refractivity contribution in [3.63, 3.8) is 0 Å². The third-order valence-corrected chi connectivity index (χ3v) is 6.21. The average molecular weight is 471 g/mol. The van der Waals surface area contributed by atoms with Crippen molar-refractivity contribution in [3.05, 3.63) is 107 Å². The van der Waals surface area contributed by atoms with E-state index < -0.39 is 30.4 Å². The standard InChI is InChI=1S/C28H26N2O5/c1-4-14-29-18(2)15-23(19(29)3)25(31)17-35-28(34)24(16-20-10-6-5-7-11-20)30-26(32)21-12-8-9-13-22(21)27(30)33/h4-13,15,24H,1,14,16-17H2,2-3H3. The second-order valence-electron chi connectivity index (χ2n) is 8.45. The first-order valence-electron chi connectivity index (χ1n) is 11.3. The van der Waals surface area contributed by atoms with Crippen LogP contribution in [0.5, 0.6) is 0 Å². The summed E-state index contributed by atoms with van der Waals surface area (Å²) in [6.45, 7) is 7.51. The minimum absolute atomic E-state index is 0.0766. The first-order valence-corrected chi connectivity index (χ1v) is 11.3. The quantitative estimate of drug-likeness (QED) is 0.205. The van der Waals surface area contributed by atoms with Crippen molar-refractivity contribution in [1.29, 1.82) is 0 Å². The number of fused-ring (bicyclic) bond motifs is 1. The summed E-state index contributed by atoms with van der Waals surface area (Å²) < 4.78 is 7.34. The monoisotopic (exact) mass is 470 g/mol. The van der Waals surface area contributed by atoms with Gasteiger partial charge in [-0.15, -0.1) is 6.58 Å². The number of amides is 2. The minimum atomic E-state index is -1.20. The van der Waals surface area contributed by atoms with Gasteiger partial charge in [0, 0.05) is 29.9 Å². The fourth-order valence-corrected chi connectivity index (χ4v) is 4.41. The largest absolute Gasteiger partial charge is 0.456 e. The molecule has 178 valence electrons. The zero-order valence-electron chi connectivity index (χ0n) is 19.7. The topological polar surface area (TPSA) is 85.7 Å². The molecule has 3 aromatic rings. The maximum absolute atomic E-state index is 13.2. The van der Waals surface area contributed by atoms with Crippen LogP contribution in [0.1, 0.15) is 48.0 Å². The lowest BCUT2D eigenvalue weighted by Crippen LogP contribution is -2.47. The summed E-state index contributed by atoms with van der Waals surface area (Å²) in [5, 5.41) is 0. The Kier molecular flexibility index (Phi) is 6.78. The fraction of sp³-hybridized carbons (Fsp3) is 0.214. The number of benzene rings is 2. The molecule has 1 aromatic heterocycles. The molecule has 7 nitrogen and oxygen atoms in total. The van der Waals surface area contributed by atoms with E-state index in [9.17, 15) is 19.2 Å². The number of allylic oxidation sites excluding steroid dienone is 1. The van der Waals surface area contributed by atoms with Crippen molar-refractivity contribution >= 4 is 23.6 Å². The molecule has 1 aliphatic heterocycles. The fourth-order valence-electron chi connectivity index (χ4n) is 4.41. The van der Waals surface area contributed by atoms with Crippen LogP contribution in [0, 0.1) is 13.8 Å². The molecule has 0 spiro atoms. The molecular weight excluding hydrogens is 444 g/mol. The molecule has 1 unspecified atom stereocenters. The third kappa shape index (κ3) is 4.57. The maximum Gasteiger partial charge on any atom is 0.330 e. The molecule has 2 aromatic carbocycles. The van der Waals surface area contributed by atoms with Crippen LogP contribution in [0.3, 0.4) is 0 Å². The van der Waals surface area contributed by atoms with Gasteiger partial charge in [0.1, 0.15) is 6.04 Å². The van der Waals surface area contributed by atoms with Gasteiger partial charge in [0.25, 0.3) is 11.8 Å². The SMILES string of the molecule is C=CCn1c(C)cc(C(=O)COC(=O)C(Cc2ccccc2)N2C(=O)c3ccccc3C2=O)c1C. The summed E-state index contributed by atoms with van der Waals surface area (Å²) in [5.74, 6) is -2.27. The second-order valence-corrected chi connectivity index (χ2v) is 8.45. The summed E-state index contributed by atoms with van der Waals surface area (Å²) in [5.41, 5.74) is 3.35. The molecule has 0 saturated heterocycles. The van der Waals surface area contributed by atoms with Gasteiger partial charge in [0.2, 0.25) is 5.78 Å². The number of nitrogens with zero attached hydrogens (tertiary/aromatic N) is 2. The van der Waals surface area contributed by atoms with E-state index in [0.717, 1.165) is 21.9 Å². The number of aromatic nitrogens is 1. The van der Waals surface area contributed by atoms with Crippen molar-refractivity contribution in [1.82, 2.24) is 9.47 Å². The lowest BCUT2D eigenvalue weighted by molar-refractivity contribution is -0.147. The Morgan fingerprint density at radius 3 is 2.17 bits per heavy atom. The van der Waals surface area contributed by atoms with Crippen LogP contribution in [0.25, 0.3) is 0 Å². The minimum Gasteiger partial charge on any atom is -0.456 e. The van der Waals surface area contributed by atoms with Crippen LogP contribution in [-0.4, -0.2) is 45.7 Å². The number of rotatable bonds is 9. The van der Waals surface area contributed by atoms with E-state index in [1.165, 1.54) is 0 Å². The number of hydrogen-bond donors (Lipinski definition) is 0.